The lowest BCUT2D eigenvalue weighted by molar-refractivity contribution is -0.119. The van der Waals surface area contributed by atoms with Crippen LogP contribution in [0.2, 0.25) is 0 Å². The molecule has 0 saturated carbocycles. The second kappa shape index (κ2) is 8.27. The van der Waals surface area contributed by atoms with Gasteiger partial charge in [-0.1, -0.05) is 12.1 Å². The second-order valence-corrected chi connectivity index (χ2v) is 7.72. The number of amides is 1. The van der Waals surface area contributed by atoms with Gasteiger partial charge in [-0.3, -0.25) is 4.79 Å². The predicted molar refractivity (Wildman–Crippen MR) is 95.1 cm³/mol. The van der Waals surface area contributed by atoms with Gasteiger partial charge in [0.2, 0.25) is 0 Å². The molecule has 2 rings (SSSR count). The van der Waals surface area contributed by atoms with E-state index >= 15 is 0 Å². The van der Waals surface area contributed by atoms with Gasteiger partial charge in [0.05, 0.1) is 22.9 Å². The second-order valence-electron chi connectivity index (χ2n) is 5.58. The van der Waals surface area contributed by atoms with Crippen molar-refractivity contribution in [3.8, 4) is 6.07 Å². The van der Waals surface area contributed by atoms with E-state index in [0.29, 0.717) is 16.8 Å². The Morgan fingerprint density at radius 1 is 1.08 bits per heavy atom. The number of carbonyl (C=O) groups excluding carboxylic acids is 2. The molecule has 0 radical (unpaired) electrons. The van der Waals surface area contributed by atoms with Gasteiger partial charge in [0.1, 0.15) is 0 Å². The lowest BCUT2D eigenvalue weighted by Gasteiger charge is -2.07. The number of nitrogens with one attached hydrogen (secondary N) is 1. The Bertz CT molecular complexity index is 943. The molecule has 0 aliphatic heterocycles. The number of rotatable bonds is 6. The van der Waals surface area contributed by atoms with Gasteiger partial charge in [0.25, 0.3) is 5.91 Å². The standard InChI is InChI=1S/C18H16N2O5S/c1-26(23,24)12-14-2-6-15(7-3-14)18(22)25-11-17(21)20-16-8-4-13(10-19)5-9-16/h2-9H,11-12H2,1H3,(H,20,21). The number of carbonyl (C=O) groups is 2. The molecule has 2 aromatic carbocycles. The fourth-order valence-corrected chi connectivity index (χ4v) is 2.88. The molecule has 0 unspecified atom stereocenters. The number of ether oxygens (including phenoxy) is 1. The molecular formula is C18H16N2O5S. The number of nitrogens with zero attached hydrogens (tertiary/aromatic N) is 1. The molecule has 0 aromatic heterocycles. The Labute approximate surface area is 151 Å². The Morgan fingerprint density at radius 2 is 1.69 bits per heavy atom. The zero-order chi connectivity index (χ0) is 19.2. The zero-order valence-corrected chi connectivity index (χ0v) is 14.7. The van der Waals surface area contributed by atoms with Crippen LogP contribution in [0.3, 0.4) is 0 Å². The summed E-state index contributed by atoms with van der Waals surface area (Å²) in [6.45, 7) is -0.468. The minimum absolute atomic E-state index is 0.116. The number of hydrogen-bond donors (Lipinski definition) is 1. The molecule has 0 fully saturated rings. The zero-order valence-electron chi connectivity index (χ0n) is 13.9. The van der Waals surface area contributed by atoms with Crippen LogP contribution in [-0.2, 0) is 25.1 Å². The molecular weight excluding hydrogens is 356 g/mol. The van der Waals surface area contributed by atoms with Crippen LogP contribution >= 0.6 is 0 Å². The largest absolute Gasteiger partial charge is 0.452 e. The van der Waals surface area contributed by atoms with E-state index in [2.05, 4.69) is 5.32 Å². The van der Waals surface area contributed by atoms with Crippen molar-refractivity contribution in [1.29, 1.82) is 5.26 Å². The quantitative estimate of drug-likeness (QED) is 0.775. The van der Waals surface area contributed by atoms with Crippen LogP contribution in [0.4, 0.5) is 5.69 Å². The predicted octanol–water partition coefficient (Wildman–Crippen LogP) is 1.90. The van der Waals surface area contributed by atoms with Gasteiger partial charge >= 0.3 is 5.97 Å². The average Bonchev–Trinajstić information content (AvgIpc) is 2.59. The maximum absolute atomic E-state index is 11.9. The van der Waals surface area contributed by atoms with Gasteiger partial charge in [-0.2, -0.15) is 5.26 Å². The van der Waals surface area contributed by atoms with Crippen molar-refractivity contribution < 1.29 is 22.7 Å². The van der Waals surface area contributed by atoms with Gasteiger partial charge in [0, 0.05) is 11.9 Å². The Kier molecular flexibility index (Phi) is 6.09. The van der Waals surface area contributed by atoms with E-state index in [1.807, 2.05) is 6.07 Å². The lowest BCUT2D eigenvalue weighted by atomic mass is 10.1. The van der Waals surface area contributed by atoms with Crippen LogP contribution in [0.25, 0.3) is 0 Å². The number of sulfone groups is 1. The van der Waals surface area contributed by atoms with E-state index in [0.717, 1.165) is 6.26 Å². The summed E-state index contributed by atoms with van der Waals surface area (Å²) in [5, 5.41) is 11.3. The third-order valence-electron chi connectivity index (χ3n) is 3.25. The third-order valence-corrected chi connectivity index (χ3v) is 4.11. The SMILES string of the molecule is CS(=O)(=O)Cc1ccc(C(=O)OCC(=O)Nc2ccc(C#N)cc2)cc1. The molecule has 0 atom stereocenters. The van der Waals surface area contributed by atoms with E-state index < -0.39 is 28.3 Å². The number of nitriles is 1. The first kappa shape index (κ1) is 19.1. The fraction of sp³-hybridized carbons (Fsp3) is 0.167. The smallest absolute Gasteiger partial charge is 0.338 e. The molecule has 0 aliphatic carbocycles. The van der Waals surface area contributed by atoms with Crippen LogP contribution in [0.15, 0.2) is 48.5 Å². The Hall–Kier alpha value is -3.18. The summed E-state index contributed by atoms with van der Waals surface area (Å²) < 4.78 is 27.4. The van der Waals surface area contributed by atoms with Crippen molar-refractivity contribution in [3.63, 3.8) is 0 Å². The highest BCUT2D eigenvalue weighted by Gasteiger charge is 2.11. The normalized spacial score (nSPS) is 10.6. The van der Waals surface area contributed by atoms with E-state index in [-0.39, 0.29) is 11.3 Å². The van der Waals surface area contributed by atoms with Gasteiger partial charge < -0.3 is 10.1 Å². The molecule has 26 heavy (non-hydrogen) atoms. The van der Waals surface area contributed by atoms with E-state index in [9.17, 15) is 18.0 Å². The molecule has 7 nitrogen and oxygen atoms in total. The Balaban J connectivity index is 1.87. The summed E-state index contributed by atoms with van der Waals surface area (Å²) in [6.07, 6.45) is 1.13. The van der Waals surface area contributed by atoms with Crippen LogP contribution in [-0.4, -0.2) is 33.2 Å². The van der Waals surface area contributed by atoms with E-state index in [4.69, 9.17) is 10.00 Å². The summed E-state index contributed by atoms with van der Waals surface area (Å²) in [6, 6.07) is 14.1. The molecule has 0 aliphatic rings. The summed E-state index contributed by atoms with van der Waals surface area (Å²) >= 11 is 0. The first-order chi connectivity index (χ1) is 12.3. The molecule has 134 valence electrons. The molecule has 8 heteroatoms. The summed E-state index contributed by atoms with van der Waals surface area (Å²) in [5.74, 6) is -1.32. The average molecular weight is 372 g/mol. The topological polar surface area (TPSA) is 113 Å². The molecule has 1 N–H and O–H groups in total. The maximum Gasteiger partial charge on any atom is 0.338 e. The number of anilines is 1. The Morgan fingerprint density at radius 3 is 2.23 bits per heavy atom. The number of hydrogen-bond acceptors (Lipinski definition) is 6. The molecule has 2 aromatic rings. The monoisotopic (exact) mass is 372 g/mol. The van der Waals surface area contributed by atoms with Crippen LogP contribution in [0.1, 0.15) is 21.5 Å². The van der Waals surface area contributed by atoms with E-state index in [1.165, 1.54) is 24.3 Å². The van der Waals surface area contributed by atoms with Crippen LogP contribution in [0.5, 0.6) is 0 Å². The van der Waals surface area contributed by atoms with Crippen LogP contribution < -0.4 is 5.32 Å². The first-order valence-electron chi connectivity index (χ1n) is 7.50. The van der Waals surface area contributed by atoms with Crippen molar-refractivity contribution in [3.05, 3.63) is 65.2 Å². The fourth-order valence-electron chi connectivity index (χ4n) is 2.08. The van der Waals surface area contributed by atoms with Crippen molar-refractivity contribution >= 4 is 27.4 Å². The van der Waals surface area contributed by atoms with Gasteiger partial charge in [-0.25, -0.2) is 13.2 Å². The van der Waals surface area contributed by atoms with Crippen molar-refractivity contribution in [1.82, 2.24) is 0 Å². The highest BCUT2D eigenvalue weighted by atomic mass is 32.2. The van der Waals surface area contributed by atoms with Crippen molar-refractivity contribution in [2.75, 3.05) is 18.2 Å². The van der Waals surface area contributed by atoms with Crippen molar-refractivity contribution in [2.45, 2.75) is 5.75 Å². The third kappa shape index (κ3) is 6.03. The summed E-state index contributed by atoms with van der Waals surface area (Å²) in [5.41, 5.74) is 1.72. The molecule has 0 spiro atoms. The van der Waals surface area contributed by atoms with Gasteiger partial charge in [-0.15, -0.1) is 0 Å². The molecule has 0 bridgehead atoms. The first-order valence-corrected chi connectivity index (χ1v) is 9.57. The van der Waals surface area contributed by atoms with Gasteiger partial charge in [0.15, 0.2) is 16.4 Å². The highest BCUT2D eigenvalue weighted by Crippen LogP contribution is 2.10. The summed E-state index contributed by atoms with van der Waals surface area (Å²) in [4.78, 5) is 23.7. The number of esters is 1. The van der Waals surface area contributed by atoms with Gasteiger partial charge in [-0.05, 0) is 42.0 Å². The highest BCUT2D eigenvalue weighted by molar-refractivity contribution is 7.89. The minimum atomic E-state index is -3.15. The minimum Gasteiger partial charge on any atom is -0.452 e. The van der Waals surface area contributed by atoms with Crippen LogP contribution in [0, 0.1) is 11.3 Å². The lowest BCUT2D eigenvalue weighted by Crippen LogP contribution is -2.20. The molecule has 1 amide bonds. The molecule has 0 heterocycles. The van der Waals surface area contributed by atoms with E-state index in [1.54, 1.807) is 24.3 Å². The maximum atomic E-state index is 11.9. The molecule has 0 saturated heterocycles. The van der Waals surface area contributed by atoms with Crippen molar-refractivity contribution in [2.24, 2.45) is 0 Å². The number of benzene rings is 2. The summed E-state index contributed by atoms with van der Waals surface area (Å²) in [7, 11) is -3.15.